The molecular formula is C18H19FN2O2. The van der Waals surface area contributed by atoms with E-state index in [9.17, 15) is 14.0 Å². The quantitative estimate of drug-likeness (QED) is 0.834. The summed E-state index contributed by atoms with van der Waals surface area (Å²) < 4.78 is 13.6. The molecule has 1 amide bonds. The molecule has 0 fully saturated rings. The van der Waals surface area contributed by atoms with Gasteiger partial charge in [-0.15, -0.1) is 0 Å². The first-order valence-corrected chi connectivity index (χ1v) is 7.29. The molecule has 23 heavy (non-hydrogen) atoms. The molecule has 0 bridgehead atoms. The number of para-hydroxylation sites is 1. The summed E-state index contributed by atoms with van der Waals surface area (Å²) in [5.74, 6) is -0.653. The molecule has 1 N–H and O–H groups in total. The molecule has 0 saturated heterocycles. The van der Waals surface area contributed by atoms with E-state index < -0.39 is 0 Å². The molecule has 0 radical (unpaired) electrons. The molecule has 5 heteroatoms. The fourth-order valence-corrected chi connectivity index (χ4v) is 2.31. The Bertz CT molecular complexity index is 716. The normalized spacial score (nSPS) is 10.6. The van der Waals surface area contributed by atoms with Crippen LogP contribution in [0.1, 0.15) is 22.8 Å². The predicted molar refractivity (Wildman–Crippen MR) is 87.8 cm³/mol. The molecule has 0 aromatic heterocycles. The van der Waals surface area contributed by atoms with Crippen molar-refractivity contribution < 1.29 is 14.0 Å². The van der Waals surface area contributed by atoms with Gasteiger partial charge in [-0.3, -0.25) is 14.5 Å². The summed E-state index contributed by atoms with van der Waals surface area (Å²) in [5, 5.41) is 2.73. The number of carbonyl (C=O) groups excluding carboxylic acids is 2. The molecule has 0 heterocycles. The molecule has 0 atom stereocenters. The summed E-state index contributed by atoms with van der Waals surface area (Å²) in [5.41, 5.74) is 1.49. The van der Waals surface area contributed by atoms with E-state index in [4.69, 9.17) is 0 Å². The largest absolute Gasteiger partial charge is 0.324 e. The summed E-state index contributed by atoms with van der Waals surface area (Å²) >= 11 is 0. The average Bonchev–Trinajstić information content (AvgIpc) is 2.49. The van der Waals surface area contributed by atoms with Gasteiger partial charge in [-0.05, 0) is 32.2 Å². The monoisotopic (exact) mass is 314 g/mol. The lowest BCUT2D eigenvalue weighted by atomic mass is 10.1. The Labute approximate surface area is 134 Å². The standard InChI is InChI=1S/C18H19FN2O2/c1-13(22)15-8-4-6-10-17(15)20-18(23)12-21(2)11-14-7-3-5-9-16(14)19/h3-10H,11-12H2,1-2H3,(H,20,23). The molecular weight excluding hydrogens is 295 g/mol. The molecule has 0 unspecified atom stereocenters. The smallest absolute Gasteiger partial charge is 0.238 e. The fraction of sp³-hybridized carbons (Fsp3) is 0.222. The van der Waals surface area contributed by atoms with Gasteiger partial charge in [0, 0.05) is 17.7 Å². The Morgan fingerprint density at radius 1 is 1.09 bits per heavy atom. The van der Waals surface area contributed by atoms with Crippen LogP contribution in [0.5, 0.6) is 0 Å². The Morgan fingerprint density at radius 3 is 2.43 bits per heavy atom. The number of halogens is 1. The molecule has 0 aliphatic carbocycles. The van der Waals surface area contributed by atoms with E-state index >= 15 is 0 Å². The Balaban J connectivity index is 1.97. The second-order valence-electron chi connectivity index (χ2n) is 5.41. The highest BCUT2D eigenvalue weighted by atomic mass is 19.1. The van der Waals surface area contributed by atoms with Gasteiger partial charge in [-0.1, -0.05) is 30.3 Å². The molecule has 4 nitrogen and oxygen atoms in total. The van der Waals surface area contributed by atoms with E-state index in [1.54, 1.807) is 54.4 Å². The summed E-state index contributed by atoms with van der Waals surface area (Å²) in [6.07, 6.45) is 0. The topological polar surface area (TPSA) is 49.4 Å². The van der Waals surface area contributed by atoms with Gasteiger partial charge in [0.25, 0.3) is 0 Å². The minimum absolute atomic E-state index is 0.0978. The molecule has 2 aromatic rings. The van der Waals surface area contributed by atoms with Gasteiger partial charge < -0.3 is 5.32 Å². The van der Waals surface area contributed by atoms with E-state index in [1.165, 1.54) is 13.0 Å². The average molecular weight is 314 g/mol. The maximum atomic E-state index is 13.6. The number of rotatable bonds is 6. The van der Waals surface area contributed by atoms with Crippen molar-refractivity contribution in [2.75, 3.05) is 18.9 Å². The van der Waals surface area contributed by atoms with Gasteiger partial charge in [0.1, 0.15) is 5.82 Å². The lowest BCUT2D eigenvalue weighted by Crippen LogP contribution is -2.30. The van der Waals surface area contributed by atoms with Crippen LogP contribution in [0, 0.1) is 5.82 Å². The third kappa shape index (κ3) is 4.72. The van der Waals surface area contributed by atoms with Crippen LogP contribution in [0.2, 0.25) is 0 Å². The Kier molecular flexibility index (Phi) is 5.60. The summed E-state index contributed by atoms with van der Waals surface area (Å²) in [6, 6.07) is 13.3. The third-order valence-electron chi connectivity index (χ3n) is 3.39. The SMILES string of the molecule is CC(=O)c1ccccc1NC(=O)CN(C)Cc1ccccc1F. The maximum Gasteiger partial charge on any atom is 0.238 e. The molecule has 0 aliphatic heterocycles. The minimum Gasteiger partial charge on any atom is -0.324 e. The van der Waals surface area contributed by atoms with Crippen LogP contribution in [0.25, 0.3) is 0 Å². The summed E-state index contributed by atoms with van der Waals surface area (Å²) in [7, 11) is 1.74. The molecule has 0 aliphatic rings. The van der Waals surface area contributed by atoms with Crippen LogP contribution in [-0.4, -0.2) is 30.2 Å². The van der Waals surface area contributed by atoms with Gasteiger partial charge in [0.15, 0.2) is 5.78 Å². The number of benzene rings is 2. The lowest BCUT2D eigenvalue weighted by molar-refractivity contribution is -0.117. The third-order valence-corrected chi connectivity index (χ3v) is 3.39. The number of anilines is 1. The highest BCUT2D eigenvalue weighted by Gasteiger charge is 2.12. The zero-order valence-corrected chi connectivity index (χ0v) is 13.2. The van der Waals surface area contributed by atoms with Gasteiger partial charge in [-0.2, -0.15) is 0 Å². The van der Waals surface area contributed by atoms with Crippen molar-refractivity contribution in [2.45, 2.75) is 13.5 Å². The lowest BCUT2D eigenvalue weighted by Gasteiger charge is -2.17. The van der Waals surface area contributed by atoms with Crippen LogP contribution in [0.4, 0.5) is 10.1 Å². The van der Waals surface area contributed by atoms with E-state index in [0.717, 1.165) is 0 Å². The summed E-state index contributed by atoms with van der Waals surface area (Å²) in [4.78, 5) is 25.4. The first-order valence-electron chi connectivity index (χ1n) is 7.29. The second kappa shape index (κ2) is 7.65. The number of nitrogens with one attached hydrogen (secondary N) is 1. The van der Waals surface area contributed by atoms with Crippen molar-refractivity contribution in [3.8, 4) is 0 Å². The van der Waals surface area contributed by atoms with E-state index in [-0.39, 0.29) is 24.1 Å². The number of hydrogen-bond donors (Lipinski definition) is 1. The zero-order valence-electron chi connectivity index (χ0n) is 13.2. The van der Waals surface area contributed by atoms with Crippen molar-refractivity contribution >= 4 is 17.4 Å². The molecule has 120 valence electrons. The van der Waals surface area contributed by atoms with Crippen LogP contribution in [0.15, 0.2) is 48.5 Å². The molecule has 2 aromatic carbocycles. The van der Waals surface area contributed by atoms with Crippen molar-refractivity contribution in [3.05, 3.63) is 65.5 Å². The highest BCUT2D eigenvalue weighted by Crippen LogP contribution is 2.15. The highest BCUT2D eigenvalue weighted by molar-refractivity contribution is 6.04. The Hall–Kier alpha value is -2.53. The van der Waals surface area contributed by atoms with Gasteiger partial charge in [-0.25, -0.2) is 4.39 Å². The Morgan fingerprint density at radius 2 is 1.74 bits per heavy atom. The van der Waals surface area contributed by atoms with E-state index in [1.807, 2.05) is 0 Å². The first kappa shape index (κ1) is 16.8. The van der Waals surface area contributed by atoms with Crippen LogP contribution in [0.3, 0.4) is 0 Å². The van der Waals surface area contributed by atoms with Crippen molar-refractivity contribution in [1.82, 2.24) is 4.90 Å². The maximum absolute atomic E-state index is 13.6. The number of hydrogen-bond acceptors (Lipinski definition) is 3. The molecule has 2 rings (SSSR count). The number of carbonyl (C=O) groups is 2. The number of Topliss-reactive ketones (excluding diaryl/α,β-unsaturated/α-hetero) is 1. The molecule has 0 spiro atoms. The number of amides is 1. The number of nitrogens with zero attached hydrogens (tertiary/aromatic N) is 1. The number of ketones is 1. The zero-order chi connectivity index (χ0) is 16.8. The van der Waals surface area contributed by atoms with Gasteiger partial charge in [0.2, 0.25) is 5.91 Å². The van der Waals surface area contributed by atoms with E-state index in [0.29, 0.717) is 23.4 Å². The summed E-state index contributed by atoms with van der Waals surface area (Å²) in [6.45, 7) is 1.88. The minimum atomic E-state index is -0.290. The van der Waals surface area contributed by atoms with Crippen molar-refractivity contribution in [1.29, 1.82) is 0 Å². The predicted octanol–water partition coefficient (Wildman–Crippen LogP) is 3.10. The van der Waals surface area contributed by atoms with Crippen molar-refractivity contribution in [2.24, 2.45) is 0 Å². The first-order chi connectivity index (χ1) is 11.0. The van der Waals surface area contributed by atoms with Crippen LogP contribution < -0.4 is 5.32 Å². The van der Waals surface area contributed by atoms with Crippen LogP contribution in [-0.2, 0) is 11.3 Å². The van der Waals surface area contributed by atoms with Gasteiger partial charge >= 0.3 is 0 Å². The van der Waals surface area contributed by atoms with Crippen molar-refractivity contribution in [3.63, 3.8) is 0 Å². The number of likely N-dealkylation sites (N-methyl/N-ethyl adjacent to an activating group) is 1. The van der Waals surface area contributed by atoms with E-state index in [2.05, 4.69) is 5.32 Å². The second-order valence-corrected chi connectivity index (χ2v) is 5.41. The molecule has 0 saturated carbocycles. The van der Waals surface area contributed by atoms with Gasteiger partial charge in [0.05, 0.1) is 12.2 Å². The van der Waals surface area contributed by atoms with Crippen LogP contribution >= 0.6 is 0 Å². The fourth-order valence-electron chi connectivity index (χ4n) is 2.31.